The summed E-state index contributed by atoms with van der Waals surface area (Å²) in [5, 5.41) is 0.682. The highest BCUT2D eigenvalue weighted by Gasteiger charge is 2.20. The topological polar surface area (TPSA) is 40.6 Å². The fourth-order valence-electron chi connectivity index (χ4n) is 3.05. The van der Waals surface area contributed by atoms with Crippen LogP contribution in [0.2, 0.25) is 5.02 Å². The molecule has 0 aromatic heterocycles. The quantitative estimate of drug-likeness (QED) is 0.819. The van der Waals surface area contributed by atoms with Crippen molar-refractivity contribution in [3.8, 4) is 0 Å². The Morgan fingerprint density at radius 1 is 1.16 bits per heavy atom. The molecule has 0 unspecified atom stereocenters. The molecule has 130 valence electrons. The average Bonchev–Trinajstić information content (AvgIpc) is 3.01. The van der Waals surface area contributed by atoms with Crippen LogP contribution in [0.3, 0.4) is 0 Å². The van der Waals surface area contributed by atoms with Crippen LogP contribution in [0.15, 0.2) is 48.5 Å². The molecule has 1 fully saturated rings. The molecule has 3 rings (SSSR count). The average molecular weight is 357 g/mol. The molecule has 2 amide bonds. The summed E-state index contributed by atoms with van der Waals surface area (Å²) in [6.45, 7) is 1.89. The standard InChI is InChI=1S/C20H21ClN2O2/c1-22(13-15-7-9-18(21)10-8-15)20(25)17-5-2-4-16(12-17)14-23-11-3-6-19(23)24/h2,4-5,7-10,12H,3,6,11,13-14H2,1H3. The van der Waals surface area contributed by atoms with E-state index >= 15 is 0 Å². The lowest BCUT2D eigenvalue weighted by atomic mass is 10.1. The lowest BCUT2D eigenvalue weighted by Crippen LogP contribution is -2.27. The first-order valence-corrected chi connectivity index (χ1v) is 8.77. The molecule has 2 aromatic carbocycles. The number of carbonyl (C=O) groups excluding carboxylic acids is 2. The molecule has 2 aromatic rings. The molecule has 0 spiro atoms. The number of nitrogens with zero attached hydrogens (tertiary/aromatic N) is 2. The summed E-state index contributed by atoms with van der Waals surface area (Å²) < 4.78 is 0. The number of halogens is 1. The van der Waals surface area contributed by atoms with Crippen molar-refractivity contribution in [3.63, 3.8) is 0 Å². The molecule has 0 aliphatic carbocycles. The molecule has 5 heteroatoms. The molecule has 0 saturated carbocycles. The maximum atomic E-state index is 12.7. The first kappa shape index (κ1) is 17.5. The third kappa shape index (κ3) is 4.40. The van der Waals surface area contributed by atoms with Crippen LogP contribution in [0, 0.1) is 0 Å². The van der Waals surface area contributed by atoms with Crippen LogP contribution >= 0.6 is 11.6 Å². The van der Waals surface area contributed by atoms with Gasteiger partial charge in [0.25, 0.3) is 5.91 Å². The Labute approximate surface area is 153 Å². The van der Waals surface area contributed by atoms with Gasteiger partial charge in [0, 0.05) is 43.7 Å². The normalized spacial score (nSPS) is 14.0. The number of hydrogen-bond donors (Lipinski definition) is 0. The molecule has 0 N–H and O–H groups in total. The van der Waals surface area contributed by atoms with Crippen LogP contribution in [-0.4, -0.2) is 35.2 Å². The van der Waals surface area contributed by atoms with E-state index in [0.29, 0.717) is 30.1 Å². The summed E-state index contributed by atoms with van der Waals surface area (Å²) in [4.78, 5) is 28.0. The third-order valence-corrected chi connectivity index (χ3v) is 4.65. The molecular formula is C20H21ClN2O2. The van der Waals surface area contributed by atoms with E-state index in [1.165, 1.54) is 0 Å². The minimum absolute atomic E-state index is 0.0375. The van der Waals surface area contributed by atoms with Gasteiger partial charge in [0.15, 0.2) is 0 Å². The lowest BCUT2D eigenvalue weighted by Gasteiger charge is -2.19. The van der Waals surface area contributed by atoms with E-state index in [9.17, 15) is 9.59 Å². The van der Waals surface area contributed by atoms with Crippen molar-refractivity contribution >= 4 is 23.4 Å². The second kappa shape index (κ2) is 7.70. The van der Waals surface area contributed by atoms with E-state index in [1.54, 1.807) is 11.9 Å². The Morgan fingerprint density at radius 3 is 2.60 bits per heavy atom. The van der Waals surface area contributed by atoms with Gasteiger partial charge in [-0.15, -0.1) is 0 Å². The summed E-state index contributed by atoms with van der Waals surface area (Å²) in [5.74, 6) is 0.154. The predicted molar refractivity (Wildman–Crippen MR) is 98.3 cm³/mol. The number of hydrogen-bond acceptors (Lipinski definition) is 2. The van der Waals surface area contributed by atoms with Crippen molar-refractivity contribution in [2.24, 2.45) is 0 Å². The van der Waals surface area contributed by atoms with E-state index in [-0.39, 0.29) is 11.8 Å². The van der Waals surface area contributed by atoms with E-state index in [1.807, 2.05) is 53.4 Å². The molecule has 4 nitrogen and oxygen atoms in total. The summed E-state index contributed by atoms with van der Waals surface area (Å²) in [6, 6.07) is 15.0. The first-order valence-electron chi connectivity index (χ1n) is 8.39. The molecule has 25 heavy (non-hydrogen) atoms. The summed E-state index contributed by atoms with van der Waals surface area (Å²) >= 11 is 5.90. The minimum Gasteiger partial charge on any atom is -0.338 e. The Kier molecular flexibility index (Phi) is 5.39. The van der Waals surface area contributed by atoms with E-state index in [4.69, 9.17) is 11.6 Å². The zero-order chi connectivity index (χ0) is 17.8. The van der Waals surface area contributed by atoms with Crippen molar-refractivity contribution < 1.29 is 9.59 Å². The van der Waals surface area contributed by atoms with Crippen LogP contribution in [0.5, 0.6) is 0 Å². The summed E-state index contributed by atoms with van der Waals surface area (Å²) in [7, 11) is 1.79. The molecule has 1 aliphatic rings. The van der Waals surface area contributed by atoms with Gasteiger partial charge >= 0.3 is 0 Å². The van der Waals surface area contributed by atoms with Crippen molar-refractivity contribution in [1.82, 2.24) is 9.80 Å². The molecule has 1 saturated heterocycles. The SMILES string of the molecule is CN(Cc1ccc(Cl)cc1)C(=O)c1cccc(CN2CCCC2=O)c1. The Bertz CT molecular complexity index is 774. The van der Waals surface area contributed by atoms with Crippen LogP contribution in [0.4, 0.5) is 0 Å². The van der Waals surface area contributed by atoms with Crippen LogP contribution < -0.4 is 0 Å². The highest BCUT2D eigenvalue weighted by molar-refractivity contribution is 6.30. The van der Waals surface area contributed by atoms with Gasteiger partial charge in [-0.05, 0) is 41.8 Å². The van der Waals surface area contributed by atoms with Gasteiger partial charge in [-0.2, -0.15) is 0 Å². The number of carbonyl (C=O) groups is 2. The molecule has 0 bridgehead atoms. The second-order valence-electron chi connectivity index (χ2n) is 6.41. The monoisotopic (exact) mass is 356 g/mol. The van der Waals surface area contributed by atoms with E-state index in [2.05, 4.69) is 0 Å². The van der Waals surface area contributed by atoms with E-state index in [0.717, 1.165) is 24.1 Å². The smallest absolute Gasteiger partial charge is 0.253 e. The Hall–Kier alpha value is -2.33. The van der Waals surface area contributed by atoms with Gasteiger partial charge in [0.05, 0.1) is 0 Å². The second-order valence-corrected chi connectivity index (χ2v) is 6.84. The van der Waals surface area contributed by atoms with Gasteiger partial charge in [-0.1, -0.05) is 35.9 Å². The van der Waals surface area contributed by atoms with Crippen molar-refractivity contribution in [1.29, 1.82) is 0 Å². The highest BCUT2D eigenvalue weighted by Crippen LogP contribution is 2.17. The molecule has 1 aliphatic heterocycles. The number of amides is 2. The van der Waals surface area contributed by atoms with Crippen molar-refractivity contribution in [3.05, 3.63) is 70.2 Å². The van der Waals surface area contributed by atoms with Crippen molar-refractivity contribution in [2.75, 3.05) is 13.6 Å². The fourth-order valence-corrected chi connectivity index (χ4v) is 3.18. The zero-order valence-electron chi connectivity index (χ0n) is 14.2. The Balaban J connectivity index is 1.67. The molecular weight excluding hydrogens is 336 g/mol. The molecule has 0 radical (unpaired) electrons. The zero-order valence-corrected chi connectivity index (χ0v) is 15.0. The Morgan fingerprint density at radius 2 is 1.92 bits per heavy atom. The fraction of sp³-hybridized carbons (Fsp3) is 0.300. The highest BCUT2D eigenvalue weighted by atomic mass is 35.5. The van der Waals surface area contributed by atoms with E-state index < -0.39 is 0 Å². The molecule has 1 heterocycles. The molecule has 0 atom stereocenters. The largest absolute Gasteiger partial charge is 0.338 e. The van der Waals surface area contributed by atoms with Gasteiger partial charge in [0.2, 0.25) is 5.91 Å². The van der Waals surface area contributed by atoms with Crippen LogP contribution in [0.1, 0.15) is 34.3 Å². The first-order chi connectivity index (χ1) is 12.0. The predicted octanol–water partition coefficient (Wildman–Crippen LogP) is 3.73. The minimum atomic E-state index is -0.0375. The number of likely N-dealkylation sites (tertiary alicyclic amines) is 1. The lowest BCUT2D eigenvalue weighted by molar-refractivity contribution is -0.128. The maximum Gasteiger partial charge on any atom is 0.253 e. The van der Waals surface area contributed by atoms with Gasteiger partial charge in [0.1, 0.15) is 0 Å². The third-order valence-electron chi connectivity index (χ3n) is 4.40. The number of benzene rings is 2. The van der Waals surface area contributed by atoms with Gasteiger partial charge in [-0.3, -0.25) is 9.59 Å². The summed E-state index contributed by atoms with van der Waals surface area (Å²) in [5.41, 5.74) is 2.65. The van der Waals surface area contributed by atoms with Gasteiger partial charge < -0.3 is 9.80 Å². The maximum absolute atomic E-state index is 12.7. The summed E-state index contributed by atoms with van der Waals surface area (Å²) in [6.07, 6.45) is 1.55. The van der Waals surface area contributed by atoms with Crippen LogP contribution in [0.25, 0.3) is 0 Å². The van der Waals surface area contributed by atoms with Crippen molar-refractivity contribution in [2.45, 2.75) is 25.9 Å². The van der Waals surface area contributed by atoms with Gasteiger partial charge in [-0.25, -0.2) is 0 Å². The van der Waals surface area contributed by atoms with Crippen LogP contribution in [-0.2, 0) is 17.9 Å². The number of rotatable bonds is 5.